The number of rotatable bonds is 5. The number of furan rings is 1. The van der Waals surface area contributed by atoms with Crippen LogP contribution in [-0.2, 0) is 9.59 Å². The number of carbonyl (C=O) groups is 2. The van der Waals surface area contributed by atoms with Gasteiger partial charge < -0.3 is 14.6 Å². The fourth-order valence-electron chi connectivity index (χ4n) is 3.04. The highest BCUT2D eigenvalue weighted by Gasteiger charge is 2.21. The molecule has 1 aromatic carbocycles. The lowest BCUT2D eigenvalue weighted by Gasteiger charge is -2.33. The minimum Gasteiger partial charge on any atom is -0.457 e. The summed E-state index contributed by atoms with van der Waals surface area (Å²) in [6, 6.07) is 9.83. The van der Waals surface area contributed by atoms with Gasteiger partial charge in [0, 0.05) is 43.7 Å². The number of carbonyl (C=O) groups excluding carboxylic acids is 2. The van der Waals surface area contributed by atoms with Gasteiger partial charge in [-0.05, 0) is 32.1 Å². The summed E-state index contributed by atoms with van der Waals surface area (Å²) in [6.45, 7) is 6.93. The highest BCUT2D eigenvalue weighted by molar-refractivity contribution is 5.92. The van der Waals surface area contributed by atoms with Crippen LogP contribution in [0.4, 0.5) is 0 Å². The van der Waals surface area contributed by atoms with Gasteiger partial charge in [0.1, 0.15) is 11.3 Å². The van der Waals surface area contributed by atoms with E-state index in [4.69, 9.17) is 4.42 Å². The Balaban J connectivity index is 1.49. The van der Waals surface area contributed by atoms with Crippen LogP contribution in [0.1, 0.15) is 19.6 Å². The Bertz CT molecular complexity index is 768. The number of piperazine rings is 1. The summed E-state index contributed by atoms with van der Waals surface area (Å²) in [5.74, 6) is 0.671. The molecule has 1 aromatic heterocycles. The zero-order valence-corrected chi connectivity index (χ0v) is 15.3. The van der Waals surface area contributed by atoms with Crippen molar-refractivity contribution in [3.63, 3.8) is 0 Å². The molecule has 3 rings (SSSR count). The van der Waals surface area contributed by atoms with Crippen molar-refractivity contribution in [1.29, 1.82) is 0 Å². The molecular formula is C20H25N3O3. The summed E-state index contributed by atoms with van der Waals surface area (Å²) in [5, 5.41) is 3.91. The highest BCUT2D eigenvalue weighted by Crippen LogP contribution is 2.19. The summed E-state index contributed by atoms with van der Waals surface area (Å²) < 4.78 is 5.69. The Morgan fingerprint density at radius 2 is 1.92 bits per heavy atom. The third-order valence-corrected chi connectivity index (χ3v) is 4.34. The summed E-state index contributed by atoms with van der Waals surface area (Å²) in [4.78, 5) is 28.1. The van der Waals surface area contributed by atoms with E-state index in [1.54, 1.807) is 17.1 Å². The maximum Gasteiger partial charge on any atom is 0.246 e. The molecule has 6 nitrogen and oxygen atoms in total. The second-order valence-corrected chi connectivity index (χ2v) is 6.84. The maximum absolute atomic E-state index is 12.4. The van der Waals surface area contributed by atoms with Gasteiger partial charge in [0.05, 0.1) is 6.54 Å². The Morgan fingerprint density at radius 3 is 2.62 bits per heavy atom. The van der Waals surface area contributed by atoms with E-state index in [9.17, 15) is 9.59 Å². The van der Waals surface area contributed by atoms with Crippen molar-refractivity contribution >= 4 is 28.9 Å². The van der Waals surface area contributed by atoms with Crippen LogP contribution in [-0.4, -0.2) is 60.4 Å². The van der Waals surface area contributed by atoms with Crippen LogP contribution in [0.25, 0.3) is 17.0 Å². The lowest BCUT2D eigenvalue weighted by molar-refractivity contribution is -0.128. The molecule has 0 bridgehead atoms. The van der Waals surface area contributed by atoms with Gasteiger partial charge in [-0.3, -0.25) is 14.5 Å². The number of fused-ring (bicyclic) bond motifs is 1. The van der Waals surface area contributed by atoms with E-state index in [1.807, 2.05) is 44.2 Å². The monoisotopic (exact) mass is 355 g/mol. The summed E-state index contributed by atoms with van der Waals surface area (Å²) in [7, 11) is 0. The van der Waals surface area contributed by atoms with Gasteiger partial charge >= 0.3 is 0 Å². The van der Waals surface area contributed by atoms with E-state index in [2.05, 4.69) is 10.2 Å². The van der Waals surface area contributed by atoms with Crippen molar-refractivity contribution in [3.05, 3.63) is 42.2 Å². The molecule has 138 valence electrons. The molecule has 0 saturated carbocycles. The minimum atomic E-state index is -0.0308. The molecule has 2 aromatic rings. The first-order valence-corrected chi connectivity index (χ1v) is 8.98. The van der Waals surface area contributed by atoms with Crippen molar-refractivity contribution in [2.24, 2.45) is 0 Å². The lowest BCUT2D eigenvalue weighted by atomic mass is 10.2. The van der Waals surface area contributed by atoms with Gasteiger partial charge in [-0.1, -0.05) is 18.2 Å². The SMILES string of the molecule is CC(C)NC(=O)CN1CCN(C(=O)/C=C/c2cc3ccccc3o2)CC1. The fourth-order valence-corrected chi connectivity index (χ4v) is 3.04. The summed E-state index contributed by atoms with van der Waals surface area (Å²) in [6.07, 6.45) is 3.27. The van der Waals surface area contributed by atoms with Crippen LogP contribution < -0.4 is 5.32 Å². The molecule has 26 heavy (non-hydrogen) atoms. The Hall–Kier alpha value is -2.60. The van der Waals surface area contributed by atoms with Crippen molar-refractivity contribution < 1.29 is 14.0 Å². The normalized spacial score (nSPS) is 15.9. The Morgan fingerprint density at radius 1 is 1.19 bits per heavy atom. The average molecular weight is 355 g/mol. The molecule has 2 amide bonds. The smallest absolute Gasteiger partial charge is 0.246 e. The highest BCUT2D eigenvalue weighted by atomic mass is 16.3. The van der Waals surface area contributed by atoms with Gasteiger partial charge in [-0.2, -0.15) is 0 Å². The zero-order chi connectivity index (χ0) is 18.5. The predicted octanol–water partition coefficient (Wildman–Crippen LogP) is 2.11. The molecule has 0 atom stereocenters. The van der Waals surface area contributed by atoms with E-state index in [1.165, 1.54) is 0 Å². The fraction of sp³-hybridized carbons (Fsp3) is 0.400. The lowest BCUT2D eigenvalue weighted by Crippen LogP contribution is -2.51. The topological polar surface area (TPSA) is 65.8 Å². The molecule has 1 aliphatic heterocycles. The molecule has 1 aliphatic rings. The molecule has 1 saturated heterocycles. The first-order chi connectivity index (χ1) is 12.5. The first-order valence-electron chi connectivity index (χ1n) is 8.98. The van der Waals surface area contributed by atoms with Crippen molar-refractivity contribution in [1.82, 2.24) is 15.1 Å². The van der Waals surface area contributed by atoms with Crippen molar-refractivity contribution in [2.75, 3.05) is 32.7 Å². The van der Waals surface area contributed by atoms with Crippen molar-refractivity contribution in [2.45, 2.75) is 19.9 Å². The van der Waals surface area contributed by atoms with Crippen LogP contribution in [0.3, 0.4) is 0 Å². The summed E-state index contributed by atoms with van der Waals surface area (Å²) in [5.41, 5.74) is 0.813. The van der Waals surface area contributed by atoms with E-state index in [0.717, 1.165) is 11.0 Å². The number of para-hydroxylation sites is 1. The molecule has 6 heteroatoms. The quantitative estimate of drug-likeness (QED) is 0.835. The van der Waals surface area contributed by atoms with Gasteiger partial charge in [-0.15, -0.1) is 0 Å². The Labute approximate surface area is 153 Å². The summed E-state index contributed by atoms with van der Waals surface area (Å²) >= 11 is 0. The van der Waals surface area contributed by atoms with Crippen LogP contribution in [0, 0.1) is 0 Å². The van der Waals surface area contributed by atoms with Gasteiger partial charge in [0.25, 0.3) is 0 Å². The van der Waals surface area contributed by atoms with Crippen molar-refractivity contribution in [3.8, 4) is 0 Å². The standard InChI is InChI=1S/C20H25N3O3/c1-15(2)21-19(24)14-22-9-11-23(12-10-22)20(25)8-7-17-13-16-5-3-4-6-18(16)26-17/h3-8,13,15H,9-12,14H2,1-2H3,(H,21,24)/b8-7+. The van der Waals surface area contributed by atoms with Crippen LogP contribution in [0.2, 0.25) is 0 Å². The zero-order valence-electron chi connectivity index (χ0n) is 15.3. The van der Waals surface area contributed by atoms with Crippen LogP contribution >= 0.6 is 0 Å². The number of hydrogen-bond acceptors (Lipinski definition) is 4. The van der Waals surface area contributed by atoms with Gasteiger partial charge in [0.2, 0.25) is 11.8 Å². The maximum atomic E-state index is 12.4. The number of hydrogen-bond donors (Lipinski definition) is 1. The van der Waals surface area contributed by atoms with Gasteiger partial charge in [0.15, 0.2) is 0 Å². The largest absolute Gasteiger partial charge is 0.457 e. The first kappa shape index (κ1) is 18.2. The Kier molecular flexibility index (Phi) is 5.73. The third kappa shape index (κ3) is 4.73. The van der Waals surface area contributed by atoms with E-state index < -0.39 is 0 Å². The van der Waals surface area contributed by atoms with E-state index in [-0.39, 0.29) is 17.9 Å². The molecular weight excluding hydrogens is 330 g/mol. The molecule has 0 spiro atoms. The number of nitrogens with one attached hydrogen (secondary N) is 1. The molecule has 0 radical (unpaired) electrons. The molecule has 0 unspecified atom stereocenters. The second-order valence-electron chi connectivity index (χ2n) is 6.84. The van der Waals surface area contributed by atoms with E-state index >= 15 is 0 Å². The number of amides is 2. The molecule has 1 fully saturated rings. The average Bonchev–Trinajstić information content (AvgIpc) is 3.02. The van der Waals surface area contributed by atoms with E-state index in [0.29, 0.717) is 38.5 Å². The minimum absolute atomic E-state index is 0.0308. The number of benzene rings is 1. The molecule has 1 N–H and O–H groups in total. The van der Waals surface area contributed by atoms with Crippen LogP contribution in [0.5, 0.6) is 0 Å². The van der Waals surface area contributed by atoms with Gasteiger partial charge in [-0.25, -0.2) is 0 Å². The predicted molar refractivity (Wildman–Crippen MR) is 102 cm³/mol. The number of nitrogens with zero attached hydrogens (tertiary/aromatic N) is 2. The second kappa shape index (κ2) is 8.19. The van der Waals surface area contributed by atoms with Crippen LogP contribution in [0.15, 0.2) is 40.8 Å². The third-order valence-electron chi connectivity index (χ3n) is 4.34. The molecule has 0 aliphatic carbocycles. The molecule has 2 heterocycles.